The fourth-order valence-corrected chi connectivity index (χ4v) is 5.27. The molecule has 1 saturated carbocycles. The van der Waals surface area contributed by atoms with Gasteiger partial charge in [-0.05, 0) is 63.5 Å². The summed E-state index contributed by atoms with van der Waals surface area (Å²) in [6.07, 6.45) is 3.87. The van der Waals surface area contributed by atoms with Crippen molar-refractivity contribution in [2.45, 2.75) is 68.9 Å². The molecule has 1 N–H and O–H groups in total. The molecule has 2 unspecified atom stereocenters. The molecule has 3 nitrogen and oxygen atoms in total. The summed E-state index contributed by atoms with van der Waals surface area (Å²) in [5.74, 6) is -3.37. The highest BCUT2D eigenvalue weighted by Gasteiger charge is 2.65. The summed E-state index contributed by atoms with van der Waals surface area (Å²) in [7, 11) is 3.81. The molecule has 2 heterocycles. The Bertz CT molecular complexity index is 878. The molecule has 1 aliphatic carbocycles. The Morgan fingerprint density at radius 3 is 2.68 bits per heavy atom. The first kappa shape index (κ1) is 19.8. The van der Waals surface area contributed by atoms with Gasteiger partial charge in [0.2, 0.25) is 0 Å². The number of nitrogens with one attached hydrogen (secondary N) is 1. The zero-order valence-electron chi connectivity index (χ0n) is 16.9. The van der Waals surface area contributed by atoms with Crippen molar-refractivity contribution in [3.05, 3.63) is 35.3 Å². The lowest BCUT2D eigenvalue weighted by atomic mass is 9.66. The highest BCUT2D eigenvalue weighted by molar-refractivity contribution is 5.85. The summed E-state index contributed by atoms with van der Waals surface area (Å²) in [4.78, 5) is 5.15. The number of rotatable bonds is 4. The molecule has 154 valence electrons. The number of ether oxygens (including phenoxy) is 1. The average Bonchev–Trinajstić information content (AvgIpc) is 3.01. The Morgan fingerprint density at radius 1 is 1.21 bits per heavy atom. The van der Waals surface area contributed by atoms with E-state index in [1.165, 1.54) is 12.1 Å². The van der Waals surface area contributed by atoms with E-state index in [2.05, 4.69) is 11.9 Å². The van der Waals surface area contributed by atoms with Crippen LogP contribution in [-0.2, 0) is 16.8 Å². The van der Waals surface area contributed by atoms with Crippen molar-refractivity contribution < 1.29 is 17.9 Å². The Balaban J connectivity index is 1.79. The maximum absolute atomic E-state index is 15.9. The van der Waals surface area contributed by atoms with Crippen molar-refractivity contribution >= 4 is 10.9 Å². The summed E-state index contributed by atoms with van der Waals surface area (Å²) < 4.78 is 51.4. The summed E-state index contributed by atoms with van der Waals surface area (Å²) in [6.45, 7) is 2.32. The van der Waals surface area contributed by atoms with Crippen molar-refractivity contribution in [3.8, 4) is 0 Å². The van der Waals surface area contributed by atoms with Crippen molar-refractivity contribution in [2.75, 3.05) is 20.7 Å². The number of halogens is 3. The van der Waals surface area contributed by atoms with Gasteiger partial charge in [0, 0.05) is 22.9 Å². The predicted molar refractivity (Wildman–Crippen MR) is 104 cm³/mol. The highest BCUT2D eigenvalue weighted by Crippen LogP contribution is 2.57. The largest absolute Gasteiger partial charge is 0.362 e. The van der Waals surface area contributed by atoms with Crippen LogP contribution >= 0.6 is 0 Å². The van der Waals surface area contributed by atoms with Crippen LogP contribution in [0.3, 0.4) is 0 Å². The minimum atomic E-state index is -3.02. The van der Waals surface area contributed by atoms with Gasteiger partial charge < -0.3 is 14.6 Å². The van der Waals surface area contributed by atoms with Crippen molar-refractivity contribution in [1.29, 1.82) is 0 Å². The Kier molecular flexibility index (Phi) is 4.78. The Morgan fingerprint density at radius 2 is 2.00 bits per heavy atom. The topological polar surface area (TPSA) is 28.3 Å². The van der Waals surface area contributed by atoms with Crippen molar-refractivity contribution in [2.24, 2.45) is 0 Å². The maximum atomic E-state index is 15.9. The molecule has 1 fully saturated rings. The number of H-pyrrole nitrogens is 1. The lowest BCUT2D eigenvalue weighted by Crippen LogP contribution is -2.62. The molecule has 2 aromatic rings. The number of unbranched alkanes of at least 4 members (excludes halogenated alkanes) is 1. The first-order valence-electron chi connectivity index (χ1n) is 10.2. The first-order chi connectivity index (χ1) is 13.2. The van der Waals surface area contributed by atoms with E-state index in [0.29, 0.717) is 29.4 Å². The second-order valence-corrected chi connectivity index (χ2v) is 8.70. The van der Waals surface area contributed by atoms with E-state index < -0.39 is 17.1 Å². The molecule has 1 aromatic heterocycles. The molecule has 28 heavy (non-hydrogen) atoms. The fraction of sp³-hybridized carbons (Fsp3) is 0.636. The molecule has 2 aliphatic rings. The Labute approximate surface area is 164 Å². The highest BCUT2D eigenvalue weighted by atomic mass is 19.3. The number of fused-ring (bicyclic) bond motifs is 4. The molecule has 2 atom stereocenters. The van der Waals surface area contributed by atoms with Crippen LogP contribution in [0, 0.1) is 5.82 Å². The molecule has 0 saturated heterocycles. The average molecular weight is 394 g/mol. The molecule has 6 heteroatoms. The van der Waals surface area contributed by atoms with Crippen LogP contribution in [-0.4, -0.2) is 42.0 Å². The smallest absolute Gasteiger partial charge is 0.283 e. The molecule has 4 rings (SSSR count). The number of aromatic nitrogens is 1. The standard InChI is InChI=1S/C22H29F3N2O/c1-4-5-9-20(27(2)3)10-11-21(22(24,25)14-20)19-16(8-12-28-21)17-13-15(23)6-7-18(17)26-19/h6-7,13,26H,4-5,8-12,14H2,1-3H3. The van der Waals surface area contributed by atoms with E-state index in [0.717, 1.165) is 24.8 Å². The minimum absolute atomic E-state index is 0.226. The molecular formula is C22H29F3N2O. The van der Waals surface area contributed by atoms with E-state index in [9.17, 15) is 4.39 Å². The Hall–Kier alpha value is -1.53. The zero-order chi connectivity index (χ0) is 20.2. The van der Waals surface area contributed by atoms with Gasteiger partial charge in [-0.3, -0.25) is 0 Å². The molecule has 1 spiro atoms. The number of alkyl halides is 2. The van der Waals surface area contributed by atoms with Crippen molar-refractivity contribution in [1.82, 2.24) is 9.88 Å². The van der Waals surface area contributed by atoms with Gasteiger partial charge in [-0.25, -0.2) is 13.2 Å². The molecule has 0 radical (unpaired) electrons. The molecular weight excluding hydrogens is 365 g/mol. The van der Waals surface area contributed by atoms with Gasteiger partial charge in [-0.2, -0.15) is 0 Å². The SMILES string of the molecule is CCCCC1(N(C)C)CCC2(OCCc3c2[nH]c2ccc(F)cc32)C(F)(F)C1. The summed E-state index contributed by atoms with van der Waals surface area (Å²) >= 11 is 0. The quantitative estimate of drug-likeness (QED) is 0.754. The van der Waals surface area contributed by atoms with Crippen LogP contribution in [0.15, 0.2) is 18.2 Å². The van der Waals surface area contributed by atoms with Gasteiger partial charge >= 0.3 is 0 Å². The lowest BCUT2D eigenvalue weighted by molar-refractivity contribution is -0.263. The third-order valence-electron chi connectivity index (χ3n) is 7.00. The normalized spacial score (nSPS) is 29.5. The van der Waals surface area contributed by atoms with E-state index in [4.69, 9.17) is 4.74 Å². The molecule has 1 aliphatic heterocycles. The van der Waals surface area contributed by atoms with Crippen LogP contribution in [0.2, 0.25) is 0 Å². The molecule has 0 bridgehead atoms. The zero-order valence-corrected chi connectivity index (χ0v) is 16.9. The minimum Gasteiger partial charge on any atom is -0.362 e. The van der Waals surface area contributed by atoms with E-state index in [1.54, 1.807) is 6.07 Å². The number of nitrogens with zero attached hydrogens (tertiary/aromatic N) is 1. The van der Waals surface area contributed by atoms with Gasteiger partial charge in [-0.1, -0.05) is 19.8 Å². The van der Waals surface area contributed by atoms with Gasteiger partial charge in [0.15, 0.2) is 5.60 Å². The second-order valence-electron chi connectivity index (χ2n) is 8.70. The van der Waals surface area contributed by atoms with Crippen LogP contribution in [0.5, 0.6) is 0 Å². The van der Waals surface area contributed by atoms with Gasteiger partial charge in [0.25, 0.3) is 5.92 Å². The maximum Gasteiger partial charge on any atom is 0.283 e. The third kappa shape index (κ3) is 2.79. The van der Waals surface area contributed by atoms with Crippen LogP contribution < -0.4 is 0 Å². The number of benzene rings is 1. The predicted octanol–water partition coefficient (Wildman–Crippen LogP) is 5.38. The fourth-order valence-electron chi connectivity index (χ4n) is 5.27. The first-order valence-corrected chi connectivity index (χ1v) is 10.2. The number of hydrogen-bond acceptors (Lipinski definition) is 2. The van der Waals surface area contributed by atoms with Crippen LogP contribution in [0.25, 0.3) is 10.9 Å². The molecule has 1 aromatic carbocycles. The third-order valence-corrected chi connectivity index (χ3v) is 7.00. The van der Waals surface area contributed by atoms with Gasteiger partial charge in [-0.15, -0.1) is 0 Å². The summed E-state index contributed by atoms with van der Waals surface area (Å²) in [5.41, 5.74) is -0.243. The van der Waals surface area contributed by atoms with E-state index in [1.807, 2.05) is 19.0 Å². The van der Waals surface area contributed by atoms with Gasteiger partial charge in [0.05, 0.1) is 12.3 Å². The van der Waals surface area contributed by atoms with E-state index in [-0.39, 0.29) is 25.3 Å². The number of aromatic amines is 1. The second kappa shape index (κ2) is 6.77. The van der Waals surface area contributed by atoms with Crippen molar-refractivity contribution in [3.63, 3.8) is 0 Å². The lowest BCUT2D eigenvalue weighted by Gasteiger charge is -2.54. The van der Waals surface area contributed by atoms with Crippen LogP contribution in [0.4, 0.5) is 13.2 Å². The number of hydrogen-bond donors (Lipinski definition) is 1. The summed E-state index contributed by atoms with van der Waals surface area (Å²) in [5, 5.41) is 0.698. The van der Waals surface area contributed by atoms with E-state index >= 15 is 8.78 Å². The van der Waals surface area contributed by atoms with Gasteiger partial charge in [0.1, 0.15) is 5.82 Å². The summed E-state index contributed by atoms with van der Waals surface area (Å²) in [6, 6.07) is 4.43. The monoisotopic (exact) mass is 394 g/mol. The molecule has 0 amide bonds. The van der Waals surface area contributed by atoms with Crippen LogP contribution in [0.1, 0.15) is 56.7 Å².